The molecule has 27 heavy (non-hydrogen) atoms. The maximum Gasteiger partial charge on any atom is 0.143 e. The lowest BCUT2D eigenvalue weighted by Crippen LogP contribution is -1.98. The molecule has 0 saturated heterocycles. The summed E-state index contributed by atoms with van der Waals surface area (Å²) >= 11 is 1.16. The zero-order valence-electron chi connectivity index (χ0n) is 15.2. The maximum absolute atomic E-state index is 9.44. The van der Waals surface area contributed by atoms with Crippen molar-refractivity contribution in [2.75, 3.05) is 7.11 Å². The van der Waals surface area contributed by atoms with Gasteiger partial charge in [0, 0.05) is 11.1 Å². The number of fused-ring (bicyclic) bond motifs is 1. The summed E-state index contributed by atoms with van der Waals surface area (Å²) in [7, 11) is 1.65. The van der Waals surface area contributed by atoms with Crippen LogP contribution in [0, 0.1) is 24.5 Å². The van der Waals surface area contributed by atoms with E-state index in [1.807, 2.05) is 56.3 Å². The number of ether oxygens (including phenoxy) is 1. The smallest absolute Gasteiger partial charge is 0.143 e. The standard InChI is InChI=1S/C21H17N3O2S/c1-13-19(14(2)26-23-13)20-21(27-12-22)17-6-4-5-7-18(17)24(20)15-8-10-16(25-3)11-9-15/h4-11H,1-3H3. The van der Waals surface area contributed by atoms with E-state index >= 15 is 0 Å². The van der Waals surface area contributed by atoms with Gasteiger partial charge in [0.2, 0.25) is 0 Å². The first kappa shape index (κ1) is 17.3. The van der Waals surface area contributed by atoms with E-state index in [9.17, 15) is 5.26 Å². The number of para-hydroxylation sites is 1. The molecule has 0 N–H and O–H groups in total. The van der Waals surface area contributed by atoms with Gasteiger partial charge in [-0.2, -0.15) is 5.26 Å². The molecule has 2 aromatic heterocycles. The van der Waals surface area contributed by atoms with E-state index in [1.165, 1.54) is 0 Å². The lowest BCUT2D eigenvalue weighted by atomic mass is 10.1. The number of rotatable bonds is 4. The Kier molecular flexibility index (Phi) is 4.38. The van der Waals surface area contributed by atoms with Crippen molar-refractivity contribution in [2.45, 2.75) is 18.7 Å². The summed E-state index contributed by atoms with van der Waals surface area (Å²) in [6, 6.07) is 16.0. The molecule has 0 aliphatic heterocycles. The second kappa shape index (κ2) is 6.86. The van der Waals surface area contributed by atoms with E-state index in [2.05, 4.69) is 21.2 Å². The van der Waals surface area contributed by atoms with Crippen LogP contribution in [-0.4, -0.2) is 16.8 Å². The van der Waals surface area contributed by atoms with Crippen molar-refractivity contribution >= 4 is 22.7 Å². The molecule has 134 valence electrons. The van der Waals surface area contributed by atoms with Crippen LogP contribution >= 0.6 is 11.8 Å². The number of nitriles is 1. The Morgan fingerprint density at radius 2 is 1.85 bits per heavy atom. The summed E-state index contributed by atoms with van der Waals surface area (Å²) in [6.07, 6.45) is 0. The van der Waals surface area contributed by atoms with Gasteiger partial charge in [-0.15, -0.1) is 0 Å². The molecular weight excluding hydrogens is 358 g/mol. The first-order valence-electron chi connectivity index (χ1n) is 8.42. The SMILES string of the molecule is COc1ccc(-n2c(-c3c(C)noc3C)c(SC#N)c3ccccc32)cc1. The van der Waals surface area contributed by atoms with Crippen LogP contribution in [0.3, 0.4) is 0 Å². The second-order valence-electron chi connectivity index (χ2n) is 6.12. The van der Waals surface area contributed by atoms with E-state index in [0.29, 0.717) is 0 Å². The predicted octanol–water partition coefficient (Wildman–Crippen LogP) is 5.48. The summed E-state index contributed by atoms with van der Waals surface area (Å²) in [6.45, 7) is 3.81. The van der Waals surface area contributed by atoms with Crippen LogP contribution in [0.2, 0.25) is 0 Å². The van der Waals surface area contributed by atoms with Gasteiger partial charge in [0.05, 0.1) is 34.5 Å². The van der Waals surface area contributed by atoms with Crippen molar-refractivity contribution in [3.05, 3.63) is 60.0 Å². The number of methoxy groups -OCH3 is 1. The van der Waals surface area contributed by atoms with Gasteiger partial charge in [-0.25, -0.2) is 0 Å². The minimum absolute atomic E-state index is 0.727. The highest BCUT2D eigenvalue weighted by Gasteiger charge is 2.25. The van der Waals surface area contributed by atoms with Crippen molar-refractivity contribution in [3.63, 3.8) is 0 Å². The van der Waals surface area contributed by atoms with E-state index in [4.69, 9.17) is 9.26 Å². The molecule has 5 nitrogen and oxygen atoms in total. The number of thiocyanates is 1. The average molecular weight is 375 g/mol. The molecule has 0 aliphatic rings. The summed E-state index contributed by atoms with van der Waals surface area (Å²) in [4.78, 5) is 0.901. The number of benzene rings is 2. The van der Waals surface area contributed by atoms with Crippen LogP contribution in [-0.2, 0) is 0 Å². The highest BCUT2D eigenvalue weighted by Crippen LogP contribution is 2.43. The zero-order valence-corrected chi connectivity index (χ0v) is 16.0. The van der Waals surface area contributed by atoms with Gasteiger partial charge < -0.3 is 13.8 Å². The third-order valence-corrected chi connectivity index (χ3v) is 5.29. The number of thioether (sulfide) groups is 1. The van der Waals surface area contributed by atoms with Gasteiger partial charge in [0.15, 0.2) is 0 Å². The molecule has 2 aromatic carbocycles. The van der Waals surface area contributed by atoms with Crippen molar-refractivity contribution in [2.24, 2.45) is 0 Å². The number of hydrogen-bond donors (Lipinski definition) is 0. The molecule has 0 spiro atoms. The first-order valence-corrected chi connectivity index (χ1v) is 9.24. The fourth-order valence-electron chi connectivity index (χ4n) is 3.41. The van der Waals surface area contributed by atoms with Crippen molar-refractivity contribution in [1.29, 1.82) is 5.26 Å². The lowest BCUT2D eigenvalue weighted by molar-refractivity contribution is 0.393. The molecule has 0 bridgehead atoms. The molecule has 0 unspecified atom stereocenters. The zero-order chi connectivity index (χ0) is 19.0. The van der Waals surface area contributed by atoms with E-state index < -0.39 is 0 Å². The molecule has 4 aromatic rings. The normalized spacial score (nSPS) is 10.9. The monoisotopic (exact) mass is 375 g/mol. The Bertz CT molecular complexity index is 1150. The van der Waals surface area contributed by atoms with Crippen LogP contribution in [0.5, 0.6) is 5.75 Å². The summed E-state index contributed by atoms with van der Waals surface area (Å²) in [5.41, 5.74) is 4.64. The molecule has 0 radical (unpaired) electrons. The predicted molar refractivity (Wildman–Crippen MR) is 106 cm³/mol. The molecule has 2 heterocycles. The molecule has 0 aliphatic carbocycles. The van der Waals surface area contributed by atoms with E-state index in [0.717, 1.165) is 61.7 Å². The Balaban J connectivity index is 2.13. The van der Waals surface area contributed by atoms with Crippen LogP contribution in [0.4, 0.5) is 0 Å². The van der Waals surface area contributed by atoms with E-state index in [1.54, 1.807) is 7.11 Å². The largest absolute Gasteiger partial charge is 0.497 e. The molecule has 0 atom stereocenters. The number of aromatic nitrogens is 2. The fourth-order valence-corrected chi connectivity index (χ4v) is 4.07. The Morgan fingerprint density at radius 1 is 1.11 bits per heavy atom. The van der Waals surface area contributed by atoms with E-state index in [-0.39, 0.29) is 0 Å². The number of hydrogen-bond acceptors (Lipinski definition) is 5. The lowest BCUT2D eigenvalue weighted by Gasteiger charge is -2.12. The van der Waals surface area contributed by atoms with Crippen LogP contribution in [0.25, 0.3) is 27.8 Å². The van der Waals surface area contributed by atoms with Gasteiger partial charge in [-0.05, 0) is 55.9 Å². The molecule has 0 saturated carbocycles. The van der Waals surface area contributed by atoms with Crippen LogP contribution in [0.15, 0.2) is 57.9 Å². The third-order valence-electron chi connectivity index (χ3n) is 4.58. The Hall–Kier alpha value is -3.17. The summed E-state index contributed by atoms with van der Waals surface area (Å²) < 4.78 is 12.9. The third kappa shape index (κ3) is 2.77. The number of aryl methyl sites for hydroxylation is 2. The van der Waals surface area contributed by atoms with Crippen molar-refractivity contribution in [1.82, 2.24) is 9.72 Å². The number of nitrogens with zero attached hydrogens (tertiary/aromatic N) is 3. The topological polar surface area (TPSA) is 64.0 Å². The minimum Gasteiger partial charge on any atom is -0.497 e. The molecule has 0 amide bonds. The Morgan fingerprint density at radius 3 is 2.48 bits per heavy atom. The van der Waals surface area contributed by atoms with Crippen LogP contribution < -0.4 is 4.74 Å². The average Bonchev–Trinajstić information content (AvgIpc) is 3.19. The molecule has 4 rings (SSSR count). The Labute approximate surface area is 161 Å². The summed E-state index contributed by atoms with van der Waals surface area (Å²) in [5.74, 6) is 1.52. The van der Waals surface area contributed by atoms with Gasteiger partial charge in [0.1, 0.15) is 16.9 Å². The van der Waals surface area contributed by atoms with Crippen molar-refractivity contribution < 1.29 is 9.26 Å². The van der Waals surface area contributed by atoms with Gasteiger partial charge >= 0.3 is 0 Å². The summed E-state index contributed by atoms with van der Waals surface area (Å²) in [5, 5.41) is 16.8. The molecule has 0 fully saturated rings. The van der Waals surface area contributed by atoms with Gasteiger partial charge in [-0.3, -0.25) is 0 Å². The molecular formula is C21H17N3O2S. The van der Waals surface area contributed by atoms with Crippen LogP contribution in [0.1, 0.15) is 11.5 Å². The maximum atomic E-state index is 9.44. The van der Waals surface area contributed by atoms with Gasteiger partial charge in [-0.1, -0.05) is 23.4 Å². The van der Waals surface area contributed by atoms with Crippen molar-refractivity contribution in [3.8, 4) is 28.1 Å². The second-order valence-corrected chi connectivity index (χ2v) is 6.92. The first-order chi connectivity index (χ1) is 13.2. The highest BCUT2D eigenvalue weighted by atomic mass is 32.2. The fraction of sp³-hybridized carbons (Fsp3) is 0.143. The highest BCUT2D eigenvalue weighted by molar-refractivity contribution is 8.04. The quantitative estimate of drug-likeness (QED) is 0.349. The minimum atomic E-state index is 0.727. The van der Waals surface area contributed by atoms with Gasteiger partial charge in [0.25, 0.3) is 0 Å². The molecule has 6 heteroatoms.